The molecule has 2 aromatic carbocycles. The predicted molar refractivity (Wildman–Crippen MR) is 124 cm³/mol. The molecule has 0 aliphatic carbocycles. The lowest BCUT2D eigenvalue weighted by Crippen LogP contribution is -2.15. The molecule has 0 radical (unpaired) electrons. The molecule has 0 atom stereocenters. The number of rotatable bonds is 5. The van der Waals surface area contributed by atoms with Crippen molar-refractivity contribution in [3.05, 3.63) is 96.5 Å². The summed E-state index contributed by atoms with van der Waals surface area (Å²) in [6, 6.07) is 17.5. The van der Waals surface area contributed by atoms with E-state index in [1.807, 2.05) is 48.7 Å². The number of amides is 1. The van der Waals surface area contributed by atoms with Crippen LogP contribution >= 0.6 is 0 Å². The number of nitrogens with one attached hydrogen (secondary N) is 1. The van der Waals surface area contributed by atoms with Gasteiger partial charge in [-0.1, -0.05) is 26.0 Å². The molecule has 164 valence electrons. The van der Waals surface area contributed by atoms with Crippen molar-refractivity contribution in [3.8, 4) is 11.5 Å². The molecule has 0 spiro atoms. The van der Waals surface area contributed by atoms with Crippen molar-refractivity contribution in [2.75, 3.05) is 5.32 Å². The van der Waals surface area contributed by atoms with Crippen LogP contribution in [0.15, 0.2) is 79.4 Å². The number of aromatic nitrogens is 5. The van der Waals surface area contributed by atoms with Crippen molar-refractivity contribution < 1.29 is 9.18 Å². The summed E-state index contributed by atoms with van der Waals surface area (Å²) in [4.78, 5) is 21.9. The van der Waals surface area contributed by atoms with Crippen LogP contribution < -0.4 is 5.32 Å². The lowest BCUT2D eigenvalue weighted by molar-refractivity contribution is 0.102. The summed E-state index contributed by atoms with van der Waals surface area (Å²) in [5.41, 5.74) is 4.30. The van der Waals surface area contributed by atoms with Gasteiger partial charge in [-0.25, -0.2) is 19.0 Å². The highest BCUT2D eigenvalue weighted by Gasteiger charge is 2.21. The Balaban J connectivity index is 1.40. The quantitative estimate of drug-likeness (QED) is 0.411. The van der Waals surface area contributed by atoms with Gasteiger partial charge in [-0.3, -0.25) is 9.36 Å². The number of fused-ring (bicyclic) bond motifs is 1. The number of hydrogen-bond donors (Lipinski definition) is 1. The van der Waals surface area contributed by atoms with Crippen molar-refractivity contribution in [2.24, 2.45) is 0 Å². The monoisotopic (exact) mass is 440 g/mol. The summed E-state index contributed by atoms with van der Waals surface area (Å²) in [5.74, 6) is 0.117. The maximum Gasteiger partial charge on any atom is 0.259 e. The van der Waals surface area contributed by atoms with E-state index in [4.69, 9.17) is 0 Å². The normalized spacial score (nSPS) is 11.3. The molecule has 0 fully saturated rings. The lowest BCUT2D eigenvalue weighted by Gasteiger charge is -2.13. The zero-order valence-electron chi connectivity index (χ0n) is 18.1. The molecule has 0 unspecified atom stereocenters. The predicted octanol–water partition coefficient (Wildman–Crippen LogP) is 5.12. The topological polar surface area (TPSA) is 77.6 Å². The minimum Gasteiger partial charge on any atom is -0.320 e. The largest absolute Gasteiger partial charge is 0.320 e. The van der Waals surface area contributed by atoms with Crippen LogP contribution in [0.3, 0.4) is 0 Å². The Hall–Kier alpha value is -4.33. The zero-order valence-corrected chi connectivity index (χ0v) is 18.1. The second-order valence-electron chi connectivity index (χ2n) is 7.95. The highest BCUT2D eigenvalue weighted by Crippen LogP contribution is 2.24. The fourth-order valence-electron chi connectivity index (χ4n) is 3.82. The smallest absolute Gasteiger partial charge is 0.259 e. The Kier molecular flexibility index (Phi) is 5.18. The second kappa shape index (κ2) is 8.31. The van der Waals surface area contributed by atoms with E-state index in [1.54, 1.807) is 35.4 Å². The van der Waals surface area contributed by atoms with Gasteiger partial charge < -0.3 is 5.32 Å². The number of nitrogens with zero attached hydrogens (tertiary/aromatic N) is 5. The van der Waals surface area contributed by atoms with Crippen LogP contribution in [0.2, 0.25) is 0 Å². The van der Waals surface area contributed by atoms with Crippen molar-refractivity contribution in [1.82, 2.24) is 24.3 Å². The third-order valence-electron chi connectivity index (χ3n) is 5.38. The Bertz CT molecular complexity index is 1430. The number of hydrogen-bond acceptors (Lipinski definition) is 4. The van der Waals surface area contributed by atoms with Gasteiger partial charge >= 0.3 is 0 Å². The molecule has 8 heteroatoms. The summed E-state index contributed by atoms with van der Waals surface area (Å²) < 4.78 is 16.9. The van der Waals surface area contributed by atoms with Crippen LogP contribution in [0.5, 0.6) is 0 Å². The van der Waals surface area contributed by atoms with Crippen molar-refractivity contribution in [3.63, 3.8) is 0 Å². The summed E-state index contributed by atoms with van der Waals surface area (Å²) in [6.07, 6.45) is 4.87. The van der Waals surface area contributed by atoms with Crippen molar-refractivity contribution in [2.45, 2.75) is 19.8 Å². The SMILES string of the molecule is CC(C)c1c(C(=O)Nc2ccc(-n3cnc4ccccc43)nc2)cnn1-c1ccc(F)cc1. The molecular weight excluding hydrogens is 419 g/mol. The van der Waals surface area contributed by atoms with Gasteiger partial charge in [0.15, 0.2) is 0 Å². The number of pyridine rings is 1. The number of para-hydroxylation sites is 2. The highest BCUT2D eigenvalue weighted by atomic mass is 19.1. The van der Waals surface area contributed by atoms with Gasteiger partial charge in [-0.15, -0.1) is 0 Å². The van der Waals surface area contributed by atoms with Crippen LogP contribution in [0.4, 0.5) is 10.1 Å². The Morgan fingerprint density at radius 2 is 1.76 bits per heavy atom. The van der Waals surface area contributed by atoms with E-state index < -0.39 is 0 Å². The molecule has 5 rings (SSSR count). The average Bonchev–Trinajstić information content (AvgIpc) is 3.45. The molecule has 3 aromatic heterocycles. The van der Waals surface area contributed by atoms with Crippen LogP contribution in [0.1, 0.15) is 35.8 Å². The zero-order chi connectivity index (χ0) is 22.9. The Morgan fingerprint density at radius 1 is 0.970 bits per heavy atom. The minimum atomic E-state index is -0.324. The third-order valence-corrected chi connectivity index (χ3v) is 5.38. The fourth-order valence-corrected chi connectivity index (χ4v) is 3.82. The van der Waals surface area contributed by atoms with Gasteiger partial charge in [0, 0.05) is 0 Å². The first-order valence-electron chi connectivity index (χ1n) is 10.5. The first-order valence-corrected chi connectivity index (χ1v) is 10.5. The molecule has 5 aromatic rings. The molecule has 1 N–H and O–H groups in total. The summed E-state index contributed by atoms with van der Waals surface area (Å²) in [6.45, 7) is 3.97. The van der Waals surface area contributed by atoms with Crippen LogP contribution in [0.25, 0.3) is 22.5 Å². The minimum absolute atomic E-state index is 0.0216. The summed E-state index contributed by atoms with van der Waals surface area (Å²) >= 11 is 0. The van der Waals surface area contributed by atoms with Crippen LogP contribution in [-0.2, 0) is 0 Å². The third kappa shape index (κ3) is 3.87. The van der Waals surface area contributed by atoms with Gasteiger partial charge in [-0.05, 0) is 54.4 Å². The molecule has 3 heterocycles. The van der Waals surface area contributed by atoms with E-state index in [1.165, 1.54) is 18.3 Å². The summed E-state index contributed by atoms with van der Waals surface area (Å²) in [5, 5.41) is 7.28. The van der Waals surface area contributed by atoms with Crippen LogP contribution in [0, 0.1) is 5.82 Å². The van der Waals surface area contributed by atoms with Crippen molar-refractivity contribution >= 4 is 22.6 Å². The number of halogens is 1. The van der Waals surface area contributed by atoms with Gasteiger partial charge in [0.05, 0.1) is 46.1 Å². The van der Waals surface area contributed by atoms with Gasteiger partial charge in [-0.2, -0.15) is 5.10 Å². The Morgan fingerprint density at radius 3 is 2.48 bits per heavy atom. The van der Waals surface area contributed by atoms with Gasteiger partial charge in [0.25, 0.3) is 5.91 Å². The molecule has 33 heavy (non-hydrogen) atoms. The number of benzene rings is 2. The van der Waals surface area contributed by atoms with Gasteiger partial charge in [0.1, 0.15) is 18.0 Å². The molecule has 0 saturated heterocycles. The molecular formula is C25H21FN6O. The molecule has 0 saturated carbocycles. The molecule has 1 amide bonds. The van der Waals surface area contributed by atoms with Gasteiger partial charge in [0.2, 0.25) is 0 Å². The molecule has 0 aliphatic heterocycles. The Labute approximate surface area is 189 Å². The van der Waals surface area contributed by atoms with E-state index in [2.05, 4.69) is 20.4 Å². The van der Waals surface area contributed by atoms with Crippen molar-refractivity contribution in [1.29, 1.82) is 0 Å². The maximum atomic E-state index is 13.3. The van der Waals surface area contributed by atoms with E-state index in [0.717, 1.165) is 16.7 Å². The number of imidazole rings is 1. The number of anilines is 1. The van der Waals surface area contributed by atoms with E-state index in [9.17, 15) is 9.18 Å². The standard InChI is InChI=1S/C25H21FN6O/c1-16(2)24-20(14-29-32(24)19-10-7-17(26)8-11-19)25(33)30-18-9-12-23(27-13-18)31-15-28-21-5-3-4-6-22(21)31/h3-16H,1-2H3,(H,30,33). The fraction of sp³-hybridized carbons (Fsp3) is 0.120. The molecule has 0 aliphatic rings. The summed E-state index contributed by atoms with van der Waals surface area (Å²) in [7, 11) is 0. The lowest BCUT2D eigenvalue weighted by atomic mass is 10.0. The molecule has 0 bridgehead atoms. The van der Waals surface area contributed by atoms with E-state index in [-0.39, 0.29) is 17.6 Å². The highest BCUT2D eigenvalue weighted by molar-refractivity contribution is 6.05. The first kappa shape index (κ1) is 20.6. The maximum absolute atomic E-state index is 13.3. The van der Waals surface area contributed by atoms with E-state index in [0.29, 0.717) is 22.8 Å². The number of carbonyl (C=O) groups is 1. The second-order valence-corrected chi connectivity index (χ2v) is 7.95. The van der Waals surface area contributed by atoms with Crippen LogP contribution in [-0.4, -0.2) is 30.2 Å². The number of carbonyl (C=O) groups excluding carboxylic acids is 1. The van der Waals surface area contributed by atoms with E-state index >= 15 is 0 Å². The first-order chi connectivity index (χ1) is 16.0. The molecule has 7 nitrogen and oxygen atoms in total. The average molecular weight is 440 g/mol.